The van der Waals surface area contributed by atoms with Crippen molar-refractivity contribution >= 4 is 29.3 Å². The maximum atomic E-state index is 12.7. The van der Waals surface area contributed by atoms with Crippen LogP contribution >= 0.6 is 0 Å². The van der Waals surface area contributed by atoms with Gasteiger partial charge in [0, 0.05) is 24.0 Å². The Bertz CT molecular complexity index is 1290. The Morgan fingerprint density at radius 2 is 1.71 bits per heavy atom. The number of rotatable bonds is 9. The van der Waals surface area contributed by atoms with Crippen molar-refractivity contribution in [2.45, 2.75) is 18.9 Å². The third-order valence-corrected chi connectivity index (χ3v) is 5.23. The molecule has 1 atom stereocenters. The van der Waals surface area contributed by atoms with Crippen LogP contribution in [0.5, 0.6) is 0 Å². The highest BCUT2D eigenvalue weighted by atomic mass is 16.6. The first-order chi connectivity index (χ1) is 17.1. The number of aromatic amines is 1. The van der Waals surface area contributed by atoms with E-state index in [1.807, 2.05) is 66.9 Å². The van der Waals surface area contributed by atoms with Crippen LogP contribution < -0.4 is 10.6 Å². The predicted octanol–water partition coefficient (Wildman–Crippen LogP) is 6.03. The van der Waals surface area contributed by atoms with Gasteiger partial charge in [0.2, 0.25) is 0 Å². The fourth-order valence-corrected chi connectivity index (χ4v) is 3.47. The third-order valence-electron chi connectivity index (χ3n) is 5.23. The largest absolute Gasteiger partial charge is 0.340 e. The highest BCUT2D eigenvalue weighted by Gasteiger charge is 2.18. The molecule has 4 aromatic rings. The first-order valence-electron chi connectivity index (χ1n) is 11.1. The number of non-ortho nitro benzene ring substituents is 1. The number of carbonyl (C=O) groups is 1. The molecule has 3 N–H and O–H groups in total. The summed E-state index contributed by atoms with van der Waals surface area (Å²) in [6.07, 6.45) is 4.73. The van der Waals surface area contributed by atoms with E-state index in [9.17, 15) is 14.9 Å². The molecular formula is C26H24N6O3. The fourth-order valence-electron chi connectivity index (χ4n) is 3.47. The zero-order chi connectivity index (χ0) is 24.5. The smallest absolute Gasteiger partial charge is 0.319 e. The molecule has 0 aliphatic rings. The number of nitrogens with one attached hydrogen (secondary N) is 3. The van der Waals surface area contributed by atoms with E-state index in [1.54, 1.807) is 6.20 Å². The van der Waals surface area contributed by atoms with Gasteiger partial charge in [-0.15, -0.1) is 0 Å². The maximum Gasteiger partial charge on any atom is 0.319 e. The molecule has 9 nitrogen and oxygen atoms in total. The molecule has 9 heteroatoms. The van der Waals surface area contributed by atoms with Crippen molar-refractivity contribution in [3.63, 3.8) is 0 Å². The van der Waals surface area contributed by atoms with Crippen molar-refractivity contribution in [2.24, 2.45) is 4.99 Å². The van der Waals surface area contributed by atoms with Gasteiger partial charge in [0.15, 0.2) is 0 Å². The number of hydrogen-bond acceptors (Lipinski definition) is 5. The van der Waals surface area contributed by atoms with Crippen molar-refractivity contribution in [2.75, 3.05) is 5.32 Å². The van der Waals surface area contributed by atoms with Crippen LogP contribution in [-0.2, 0) is 0 Å². The van der Waals surface area contributed by atoms with E-state index in [-0.39, 0.29) is 5.69 Å². The standard InChI is InChI=1S/C26H24N6O3/c33-26(29-21-13-15-22(16-14-21)32(34)35)31-23(12-7-17-27-20-10-5-2-6-11-20)25-28-18-24(30-25)19-8-3-1-4-9-19/h1-6,8-11,13-18,23H,7,12H2,(H,28,30)(H2,29,31,33)/t23-/m1/s1. The first-order valence-corrected chi connectivity index (χ1v) is 11.1. The number of hydrogen-bond donors (Lipinski definition) is 3. The molecule has 1 heterocycles. The van der Waals surface area contributed by atoms with Gasteiger partial charge in [0.05, 0.1) is 28.5 Å². The summed E-state index contributed by atoms with van der Waals surface area (Å²) in [4.78, 5) is 35.3. The van der Waals surface area contributed by atoms with Crippen molar-refractivity contribution < 1.29 is 9.72 Å². The summed E-state index contributed by atoms with van der Waals surface area (Å²) < 4.78 is 0. The molecule has 0 bridgehead atoms. The Morgan fingerprint density at radius 3 is 2.40 bits per heavy atom. The number of nitro benzene ring substituents is 1. The number of urea groups is 1. The summed E-state index contributed by atoms with van der Waals surface area (Å²) in [6, 6.07) is 24.2. The van der Waals surface area contributed by atoms with Crippen LogP contribution in [0.25, 0.3) is 11.3 Å². The van der Waals surface area contributed by atoms with Crippen molar-refractivity contribution in [3.8, 4) is 11.3 Å². The van der Waals surface area contributed by atoms with Gasteiger partial charge < -0.3 is 15.6 Å². The number of carbonyl (C=O) groups excluding carboxylic acids is 1. The second-order valence-corrected chi connectivity index (χ2v) is 7.73. The molecule has 3 aromatic carbocycles. The van der Waals surface area contributed by atoms with Crippen LogP contribution in [0.1, 0.15) is 24.7 Å². The van der Waals surface area contributed by atoms with Gasteiger partial charge in [-0.05, 0) is 42.7 Å². The lowest BCUT2D eigenvalue weighted by Gasteiger charge is -2.16. The highest BCUT2D eigenvalue weighted by molar-refractivity contribution is 5.89. The zero-order valence-corrected chi connectivity index (χ0v) is 18.8. The fraction of sp³-hybridized carbons (Fsp3) is 0.115. The van der Waals surface area contributed by atoms with E-state index in [0.29, 0.717) is 24.4 Å². The molecule has 176 valence electrons. The Morgan fingerprint density at radius 1 is 1.03 bits per heavy atom. The lowest BCUT2D eigenvalue weighted by Crippen LogP contribution is -2.33. The van der Waals surface area contributed by atoms with Gasteiger partial charge in [-0.1, -0.05) is 48.5 Å². The zero-order valence-electron chi connectivity index (χ0n) is 18.8. The minimum Gasteiger partial charge on any atom is -0.340 e. The molecule has 0 aliphatic heterocycles. The monoisotopic (exact) mass is 468 g/mol. The summed E-state index contributed by atoms with van der Waals surface area (Å²) in [5.41, 5.74) is 3.10. The minimum absolute atomic E-state index is 0.0458. The number of aromatic nitrogens is 2. The van der Waals surface area contributed by atoms with Crippen molar-refractivity contribution in [1.82, 2.24) is 15.3 Å². The number of amides is 2. The summed E-state index contributed by atoms with van der Waals surface area (Å²) in [7, 11) is 0. The Balaban J connectivity index is 1.46. The topological polar surface area (TPSA) is 125 Å². The summed E-state index contributed by atoms with van der Waals surface area (Å²) >= 11 is 0. The normalized spacial score (nSPS) is 11.8. The highest BCUT2D eigenvalue weighted by Crippen LogP contribution is 2.22. The van der Waals surface area contributed by atoms with Crippen LogP contribution in [-0.4, -0.2) is 27.1 Å². The molecule has 0 aliphatic carbocycles. The second-order valence-electron chi connectivity index (χ2n) is 7.73. The number of H-pyrrole nitrogens is 1. The molecule has 0 saturated carbocycles. The van der Waals surface area contributed by atoms with E-state index < -0.39 is 17.0 Å². The summed E-state index contributed by atoms with van der Waals surface area (Å²) in [5, 5.41) is 16.5. The van der Waals surface area contributed by atoms with E-state index in [0.717, 1.165) is 16.9 Å². The van der Waals surface area contributed by atoms with E-state index >= 15 is 0 Å². The third kappa shape index (κ3) is 6.61. The SMILES string of the molecule is O=C(Nc1ccc([N+](=O)[O-])cc1)N[C@H](CCC=Nc1ccccc1)c1ncc(-c2ccccc2)[nH]1. The lowest BCUT2D eigenvalue weighted by atomic mass is 10.1. The molecule has 4 rings (SSSR count). The van der Waals surface area contributed by atoms with Gasteiger partial charge >= 0.3 is 6.03 Å². The first kappa shape index (κ1) is 23.4. The van der Waals surface area contributed by atoms with E-state index in [1.165, 1.54) is 24.3 Å². The van der Waals surface area contributed by atoms with Crippen molar-refractivity contribution in [3.05, 3.63) is 107 Å². The average molecular weight is 469 g/mol. The van der Waals surface area contributed by atoms with Crippen LogP contribution in [0.2, 0.25) is 0 Å². The number of benzene rings is 3. The molecule has 0 fully saturated rings. The molecule has 0 unspecified atom stereocenters. The summed E-state index contributed by atoms with van der Waals surface area (Å²) in [5.74, 6) is 0.621. The van der Waals surface area contributed by atoms with E-state index in [2.05, 4.69) is 25.6 Å². The molecule has 0 radical (unpaired) electrons. The number of anilines is 1. The maximum absolute atomic E-state index is 12.7. The van der Waals surface area contributed by atoms with Crippen LogP contribution in [0.4, 0.5) is 21.9 Å². The molecule has 35 heavy (non-hydrogen) atoms. The number of imidazole rings is 1. The predicted molar refractivity (Wildman–Crippen MR) is 136 cm³/mol. The molecule has 1 aromatic heterocycles. The minimum atomic E-state index is -0.488. The van der Waals surface area contributed by atoms with Gasteiger partial charge in [0.1, 0.15) is 5.82 Å². The molecular weight excluding hydrogens is 444 g/mol. The lowest BCUT2D eigenvalue weighted by molar-refractivity contribution is -0.384. The van der Waals surface area contributed by atoms with Crippen LogP contribution in [0.15, 0.2) is 96.1 Å². The number of para-hydroxylation sites is 1. The average Bonchev–Trinajstić information content (AvgIpc) is 3.38. The Labute approximate surface area is 202 Å². The second kappa shape index (κ2) is 11.4. The van der Waals surface area contributed by atoms with Gasteiger partial charge in [-0.2, -0.15) is 0 Å². The number of nitro groups is 1. The van der Waals surface area contributed by atoms with E-state index in [4.69, 9.17) is 0 Å². The number of nitrogens with zero attached hydrogens (tertiary/aromatic N) is 3. The Hall–Kier alpha value is -4.79. The number of aliphatic imine (C=N–C) groups is 1. The van der Waals surface area contributed by atoms with Gasteiger partial charge in [-0.3, -0.25) is 15.1 Å². The molecule has 0 spiro atoms. The van der Waals surface area contributed by atoms with Gasteiger partial charge in [0.25, 0.3) is 5.69 Å². The Kier molecular flexibility index (Phi) is 7.59. The van der Waals surface area contributed by atoms with Gasteiger partial charge in [-0.25, -0.2) is 9.78 Å². The van der Waals surface area contributed by atoms with Crippen LogP contribution in [0, 0.1) is 10.1 Å². The quantitative estimate of drug-likeness (QED) is 0.157. The summed E-state index contributed by atoms with van der Waals surface area (Å²) in [6.45, 7) is 0. The van der Waals surface area contributed by atoms with Crippen molar-refractivity contribution in [1.29, 1.82) is 0 Å². The molecule has 0 saturated heterocycles. The van der Waals surface area contributed by atoms with Crippen LogP contribution in [0.3, 0.4) is 0 Å². The molecule has 2 amide bonds.